The van der Waals surface area contributed by atoms with Gasteiger partial charge >= 0.3 is 5.97 Å². The van der Waals surface area contributed by atoms with Crippen molar-refractivity contribution < 1.29 is 14.3 Å². The van der Waals surface area contributed by atoms with E-state index in [2.05, 4.69) is 0 Å². The predicted molar refractivity (Wildman–Crippen MR) is 86.7 cm³/mol. The minimum atomic E-state index is -0.309. The van der Waals surface area contributed by atoms with Gasteiger partial charge in [0.2, 0.25) is 0 Å². The minimum Gasteiger partial charge on any atom is -0.457 e. The monoisotopic (exact) mass is 296 g/mol. The molecule has 3 nitrogen and oxygen atoms in total. The maximum Gasteiger partial charge on any atom is 0.306 e. The number of carbonyl (C=O) groups excluding carboxylic acids is 2. The van der Waals surface area contributed by atoms with Gasteiger partial charge in [-0.2, -0.15) is 0 Å². The lowest BCUT2D eigenvalue weighted by molar-refractivity contribution is -0.142. The highest BCUT2D eigenvalue weighted by Crippen LogP contribution is 2.19. The number of hydrogen-bond donors (Lipinski definition) is 0. The molecule has 0 unspecified atom stereocenters. The van der Waals surface area contributed by atoms with Gasteiger partial charge in [-0.15, -0.1) is 0 Å². The largest absolute Gasteiger partial charge is 0.457 e. The van der Waals surface area contributed by atoms with E-state index in [-0.39, 0.29) is 18.4 Å². The van der Waals surface area contributed by atoms with Crippen LogP contribution in [0, 0.1) is 0 Å². The summed E-state index contributed by atoms with van der Waals surface area (Å²) in [6, 6.07) is 17.3. The molecule has 114 valence electrons. The molecule has 0 aromatic heterocycles. The van der Waals surface area contributed by atoms with Crippen LogP contribution < -0.4 is 0 Å². The van der Waals surface area contributed by atoms with Crippen LogP contribution in [0.15, 0.2) is 54.6 Å². The molecule has 0 aliphatic heterocycles. The molecular weight excluding hydrogens is 276 g/mol. The summed E-state index contributed by atoms with van der Waals surface area (Å²) in [6.07, 6.45) is 2.10. The average molecular weight is 296 g/mol. The topological polar surface area (TPSA) is 43.4 Å². The summed E-state index contributed by atoms with van der Waals surface area (Å²) in [5.41, 5.74) is 2.72. The molecule has 3 heteroatoms. The van der Waals surface area contributed by atoms with Gasteiger partial charge in [-0.05, 0) is 17.5 Å². The van der Waals surface area contributed by atoms with E-state index in [4.69, 9.17) is 4.74 Å². The second-order valence-corrected chi connectivity index (χ2v) is 5.13. The number of carbonyl (C=O) groups is 2. The van der Waals surface area contributed by atoms with Crippen molar-refractivity contribution in [1.82, 2.24) is 0 Å². The summed E-state index contributed by atoms with van der Waals surface area (Å²) in [5, 5.41) is 0. The zero-order valence-corrected chi connectivity index (χ0v) is 12.7. The molecule has 0 aliphatic carbocycles. The zero-order valence-electron chi connectivity index (χ0n) is 12.7. The normalized spacial score (nSPS) is 10.2. The van der Waals surface area contributed by atoms with Crippen LogP contribution in [0.4, 0.5) is 0 Å². The summed E-state index contributed by atoms with van der Waals surface area (Å²) in [4.78, 5) is 23.4. The van der Waals surface area contributed by atoms with Gasteiger partial charge in [-0.25, -0.2) is 0 Å². The lowest BCUT2D eigenvalue weighted by atomic mass is 10.0. The van der Waals surface area contributed by atoms with Crippen molar-refractivity contribution >= 4 is 11.8 Å². The number of Topliss-reactive ketones (excluding diaryl/α,β-unsaturated/α-hetero) is 1. The molecule has 0 saturated heterocycles. The highest BCUT2D eigenvalue weighted by atomic mass is 16.5. The SMILES string of the molecule is CCCCC(=O)OCC(=O)c1ccc(-c2ccccc2)cc1. The number of esters is 1. The molecule has 0 heterocycles. The van der Waals surface area contributed by atoms with Gasteiger partial charge in [0.15, 0.2) is 12.4 Å². The molecule has 0 saturated carbocycles. The van der Waals surface area contributed by atoms with Gasteiger partial charge in [0.05, 0.1) is 0 Å². The molecule has 0 fully saturated rings. The standard InChI is InChI=1S/C19H20O3/c1-2-3-9-19(21)22-14-18(20)17-12-10-16(11-13-17)15-7-5-4-6-8-15/h4-8,10-13H,2-3,9,14H2,1H3. The Kier molecular flexibility index (Phi) is 5.90. The fourth-order valence-electron chi connectivity index (χ4n) is 2.10. The first-order valence-electron chi connectivity index (χ1n) is 7.55. The van der Waals surface area contributed by atoms with Crippen LogP contribution >= 0.6 is 0 Å². The van der Waals surface area contributed by atoms with Crippen LogP contribution in [0.25, 0.3) is 11.1 Å². The van der Waals surface area contributed by atoms with Crippen molar-refractivity contribution in [2.24, 2.45) is 0 Å². The first-order valence-corrected chi connectivity index (χ1v) is 7.55. The van der Waals surface area contributed by atoms with E-state index in [0.717, 1.165) is 24.0 Å². The fraction of sp³-hybridized carbons (Fsp3) is 0.263. The second-order valence-electron chi connectivity index (χ2n) is 5.13. The molecule has 2 rings (SSSR count). The van der Waals surface area contributed by atoms with E-state index in [1.165, 1.54) is 0 Å². The van der Waals surface area contributed by atoms with E-state index in [0.29, 0.717) is 12.0 Å². The molecule has 0 aliphatic rings. The zero-order chi connectivity index (χ0) is 15.8. The Morgan fingerprint density at radius 2 is 1.55 bits per heavy atom. The van der Waals surface area contributed by atoms with Gasteiger partial charge in [-0.1, -0.05) is 67.9 Å². The quantitative estimate of drug-likeness (QED) is 0.566. The van der Waals surface area contributed by atoms with E-state index in [9.17, 15) is 9.59 Å². The van der Waals surface area contributed by atoms with E-state index >= 15 is 0 Å². The number of rotatable bonds is 7. The van der Waals surface area contributed by atoms with Crippen LogP contribution in [0.2, 0.25) is 0 Å². The number of unbranched alkanes of at least 4 members (excludes halogenated alkanes) is 1. The number of hydrogen-bond acceptors (Lipinski definition) is 3. The van der Waals surface area contributed by atoms with Crippen molar-refractivity contribution in [2.45, 2.75) is 26.2 Å². The first-order chi connectivity index (χ1) is 10.7. The van der Waals surface area contributed by atoms with Crippen molar-refractivity contribution in [3.8, 4) is 11.1 Å². The summed E-state index contributed by atoms with van der Waals surface area (Å²) in [7, 11) is 0. The maximum absolute atomic E-state index is 12.0. The minimum absolute atomic E-state index is 0.176. The summed E-state index contributed by atoms with van der Waals surface area (Å²) in [5.74, 6) is -0.486. The molecule has 22 heavy (non-hydrogen) atoms. The van der Waals surface area contributed by atoms with Crippen LogP contribution in [0.5, 0.6) is 0 Å². The Labute approximate surface area is 130 Å². The number of ketones is 1. The van der Waals surface area contributed by atoms with Crippen molar-refractivity contribution in [3.63, 3.8) is 0 Å². The van der Waals surface area contributed by atoms with E-state index in [1.54, 1.807) is 12.1 Å². The van der Waals surface area contributed by atoms with Gasteiger partial charge in [-0.3, -0.25) is 9.59 Å². The summed E-state index contributed by atoms with van der Waals surface area (Å²) >= 11 is 0. The third-order valence-electron chi connectivity index (χ3n) is 3.41. The molecule has 0 radical (unpaired) electrons. The van der Waals surface area contributed by atoms with Crippen LogP contribution in [0.1, 0.15) is 36.5 Å². The third-order valence-corrected chi connectivity index (χ3v) is 3.41. The van der Waals surface area contributed by atoms with Crippen LogP contribution in [-0.2, 0) is 9.53 Å². The smallest absolute Gasteiger partial charge is 0.306 e. The Bertz CT molecular complexity index is 615. The van der Waals surface area contributed by atoms with Crippen molar-refractivity contribution in [3.05, 3.63) is 60.2 Å². The molecule has 2 aromatic carbocycles. The average Bonchev–Trinajstić information content (AvgIpc) is 2.58. The Hall–Kier alpha value is -2.42. The molecular formula is C19H20O3. The van der Waals surface area contributed by atoms with Gasteiger partial charge in [0.1, 0.15) is 0 Å². The Morgan fingerprint density at radius 3 is 2.18 bits per heavy atom. The third kappa shape index (κ3) is 4.55. The van der Waals surface area contributed by atoms with Gasteiger partial charge in [0, 0.05) is 12.0 Å². The van der Waals surface area contributed by atoms with E-state index in [1.807, 2.05) is 49.4 Å². The summed E-state index contributed by atoms with van der Waals surface area (Å²) in [6.45, 7) is 1.82. The Morgan fingerprint density at radius 1 is 0.909 bits per heavy atom. The lowest BCUT2D eigenvalue weighted by Crippen LogP contribution is -2.13. The molecule has 0 bridgehead atoms. The lowest BCUT2D eigenvalue weighted by Gasteiger charge is -2.05. The molecule has 0 N–H and O–H groups in total. The van der Waals surface area contributed by atoms with Crippen molar-refractivity contribution in [1.29, 1.82) is 0 Å². The van der Waals surface area contributed by atoms with Gasteiger partial charge < -0.3 is 4.74 Å². The van der Waals surface area contributed by atoms with Crippen LogP contribution in [-0.4, -0.2) is 18.4 Å². The maximum atomic E-state index is 12.0. The molecule has 0 amide bonds. The molecule has 0 spiro atoms. The molecule has 0 atom stereocenters. The fourth-order valence-corrected chi connectivity index (χ4v) is 2.10. The van der Waals surface area contributed by atoms with Crippen LogP contribution in [0.3, 0.4) is 0 Å². The Balaban J connectivity index is 1.93. The van der Waals surface area contributed by atoms with Crippen molar-refractivity contribution in [2.75, 3.05) is 6.61 Å². The second kappa shape index (κ2) is 8.13. The molecule has 2 aromatic rings. The van der Waals surface area contributed by atoms with Gasteiger partial charge in [0.25, 0.3) is 0 Å². The van der Waals surface area contributed by atoms with E-state index < -0.39 is 0 Å². The highest BCUT2D eigenvalue weighted by molar-refractivity contribution is 5.98. The first kappa shape index (κ1) is 16.0. The predicted octanol–water partition coefficient (Wildman–Crippen LogP) is 4.27. The highest BCUT2D eigenvalue weighted by Gasteiger charge is 2.10. The number of ether oxygens (including phenoxy) is 1. The summed E-state index contributed by atoms with van der Waals surface area (Å²) < 4.78 is 4.99. The number of benzene rings is 2.